The molecule has 1 aliphatic rings. The largest absolute Gasteiger partial charge is 0.496 e. The minimum atomic E-state index is -0.139. The predicted octanol–water partition coefficient (Wildman–Crippen LogP) is 2.21. The van der Waals surface area contributed by atoms with Crippen LogP contribution in [-0.4, -0.2) is 48.9 Å². The number of carbonyl (C=O) groups is 1. The molecule has 0 saturated carbocycles. The van der Waals surface area contributed by atoms with E-state index in [9.17, 15) is 4.79 Å². The lowest BCUT2D eigenvalue weighted by molar-refractivity contribution is -0.0127. The second kappa shape index (κ2) is 6.19. The highest BCUT2D eigenvalue weighted by molar-refractivity contribution is 5.93. The van der Waals surface area contributed by atoms with Crippen molar-refractivity contribution in [3.8, 4) is 17.1 Å². The Morgan fingerprint density at radius 1 is 1.41 bits per heavy atom. The SMILES string of the molecule is COc1ccccc1-c1cc(C(=O)N2CCOC(C)C2)no1. The van der Waals surface area contributed by atoms with E-state index in [1.54, 1.807) is 18.1 Å². The first-order valence-corrected chi connectivity index (χ1v) is 7.20. The molecule has 2 heterocycles. The number of hydrogen-bond acceptors (Lipinski definition) is 5. The van der Waals surface area contributed by atoms with Crippen LogP contribution in [0.2, 0.25) is 0 Å². The summed E-state index contributed by atoms with van der Waals surface area (Å²) in [5.74, 6) is 1.06. The number of aromatic nitrogens is 1. The van der Waals surface area contributed by atoms with Gasteiger partial charge in [-0.25, -0.2) is 0 Å². The molecular formula is C16H18N2O4. The molecule has 0 N–H and O–H groups in total. The van der Waals surface area contributed by atoms with Gasteiger partial charge in [-0.15, -0.1) is 0 Å². The Morgan fingerprint density at radius 2 is 2.23 bits per heavy atom. The summed E-state index contributed by atoms with van der Waals surface area (Å²) < 4.78 is 16.1. The maximum atomic E-state index is 12.5. The number of morpholine rings is 1. The van der Waals surface area contributed by atoms with Crippen LogP contribution in [0.5, 0.6) is 5.75 Å². The molecule has 0 bridgehead atoms. The Balaban J connectivity index is 1.83. The molecule has 1 aromatic carbocycles. The lowest BCUT2D eigenvalue weighted by Crippen LogP contribution is -2.44. The molecule has 0 aliphatic carbocycles. The summed E-state index contributed by atoms with van der Waals surface area (Å²) in [6.07, 6.45) is 0.0401. The molecule has 0 spiro atoms. The van der Waals surface area contributed by atoms with Gasteiger partial charge < -0.3 is 18.9 Å². The monoisotopic (exact) mass is 302 g/mol. The molecular weight excluding hydrogens is 284 g/mol. The molecule has 22 heavy (non-hydrogen) atoms. The van der Waals surface area contributed by atoms with Crippen LogP contribution < -0.4 is 4.74 Å². The summed E-state index contributed by atoms with van der Waals surface area (Å²) in [4.78, 5) is 14.2. The number of methoxy groups -OCH3 is 1. The van der Waals surface area contributed by atoms with Gasteiger partial charge in [-0.1, -0.05) is 17.3 Å². The van der Waals surface area contributed by atoms with E-state index in [1.807, 2.05) is 31.2 Å². The first-order valence-electron chi connectivity index (χ1n) is 7.20. The maximum Gasteiger partial charge on any atom is 0.276 e. The fourth-order valence-corrected chi connectivity index (χ4v) is 2.52. The summed E-state index contributed by atoms with van der Waals surface area (Å²) in [6.45, 7) is 3.63. The van der Waals surface area contributed by atoms with Gasteiger partial charge in [0.2, 0.25) is 0 Å². The first-order chi connectivity index (χ1) is 10.7. The molecule has 1 saturated heterocycles. The Hall–Kier alpha value is -2.34. The van der Waals surface area contributed by atoms with Crippen LogP contribution in [0.4, 0.5) is 0 Å². The fourth-order valence-electron chi connectivity index (χ4n) is 2.52. The van der Waals surface area contributed by atoms with Gasteiger partial charge in [-0.3, -0.25) is 4.79 Å². The van der Waals surface area contributed by atoms with Crippen LogP contribution in [0.1, 0.15) is 17.4 Å². The standard InChI is InChI=1S/C16H18N2O4/c1-11-10-18(7-8-21-11)16(19)13-9-15(22-17-13)12-5-3-4-6-14(12)20-2/h3-6,9,11H,7-8,10H2,1-2H3. The third-order valence-corrected chi connectivity index (χ3v) is 3.63. The number of para-hydroxylation sites is 1. The quantitative estimate of drug-likeness (QED) is 0.869. The van der Waals surface area contributed by atoms with E-state index >= 15 is 0 Å². The molecule has 3 rings (SSSR count). The average molecular weight is 302 g/mol. The minimum Gasteiger partial charge on any atom is -0.496 e. The summed E-state index contributed by atoms with van der Waals surface area (Å²) >= 11 is 0. The number of carbonyl (C=O) groups excluding carboxylic acids is 1. The Kier molecular flexibility index (Phi) is 4.11. The van der Waals surface area contributed by atoms with Gasteiger partial charge in [0.05, 0.1) is 25.4 Å². The van der Waals surface area contributed by atoms with Crippen LogP contribution >= 0.6 is 0 Å². The lowest BCUT2D eigenvalue weighted by Gasteiger charge is -2.30. The third kappa shape index (κ3) is 2.82. The van der Waals surface area contributed by atoms with Crippen molar-refractivity contribution in [1.29, 1.82) is 0 Å². The molecule has 1 fully saturated rings. The van der Waals surface area contributed by atoms with E-state index in [0.717, 1.165) is 5.56 Å². The van der Waals surface area contributed by atoms with Crippen LogP contribution in [0.3, 0.4) is 0 Å². The fraction of sp³-hybridized carbons (Fsp3) is 0.375. The summed E-state index contributed by atoms with van der Waals surface area (Å²) in [6, 6.07) is 9.11. The second-order valence-electron chi connectivity index (χ2n) is 5.21. The van der Waals surface area contributed by atoms with Gasteiger partial charge in [-0.05, 0) is 19.1 Å². The minimum absolute atomic E-state index is 0.0401. The van der Waals surface area contributed by atoms with Crippen molar-refractivity contribution >= 4 is 5.91 Å². The van der Waals surface area contributed by atoms with Crippen molar-refractivity contribution in [3.63, 3.8) is 0 Å². The van der Waals surface area contributed by atoms with E-state index < -0.39 is 0 Å². The van der Waals surface area contributed by atoms with E-state index in [4.69, 9.17) is 14.0 Å². The molecule has 116 valence electrons. The molecule has 6 nitrogen and oxygen atoms in total. The average Bonchev–Trinajstić information content (AvgIpc) is 3.04. The number of benzene rings is 1. The van der Waals surface area contributed by atoms with Crippen molar-refractivity contribution in [2.75, 3.05) is 26.8 Å². The zero-order chi connectivity index (χ0) is 15.5. The van der Waals surface area contributed by atoms with Crippen molar-refractivity contribution < 1.29 is 18.8 Å². The summed E-state index contributed by atoms with van der Waals surface area (Å²) in [5, 5.41) is 3.91. The Morgan fingerprint density at radius 3 is 3.00 bits per heavy atom. The highest BCUT2D eigenvalue weighted by Crippen LogP contribution is 2.30. The third-order valence-electron chi connectivity index (χ3n) is 3.63. The van der Waals surface area contributed by atoms with E-state index in [2.05, 4.69) is 5.16 Å². The van der Waals surface area contributed by atoms with Crippen LogP contribution in [0.25, 0.3) is 11.3 Å². The molecule has 1 amide bonds. The first kappa shape index (κ1) is 14.6. The zero-order valence-corrected chi connectivity index (χ0v) is 12.6. The number of hydrogen-bond donors (Lipinski definition) is 0. The maximum absolute atomic E-state index is 12.5. The number of rotatable bonds is 3. The summed E-state index contributed by atoms with van der Waals surface area (Å²) in [7, 11) is 1.59. The smallest absolute Gasteiger partial charge is 0.276 e. The van der Waals surface area contributed by atoms with E-state index in [-0.39, 0.29) is 12.0 Å². The van der Waals surface area contributed by atoms with Crippen molar-refractivity contribution in [2.24, 2.45) is 0 Å². The Labute approximate surface area is 128 Å². The van der Waals surface area contributed by atoms with Crippen LogP contribution in [0, 0.1) is 0 Å². The van der Waals surface area contributed by atoms with Gasteiger partial charge in [0.1, 0.15) is 5.75 Å². The van der Waals surface area contributed by atoms with Crippen molar-refractivity contribution in [1.82, 2.24) is 10.1 Å². The van der Waals surface area contributed by atoms with Crippen molar-refractivity contribution in [3.05, 3.63) is 36.0 Å². The Bertz CT molecular complexity index is 668. The highest BCUT2D eigenvalue weighted by atomic mass is 16.5. The zero-order valence-electron chi connectivity index (χ0n) is 12.6. The molecule has 6 heteroatoms. The number of nitrogens with zero attached hydrogens (tertiary/aromatic N) is 2. The predicted molar refractivity (Wildman–Crippen MR) is 79.8 cm³/mol. The van der Waals surface area contributed by atoms with Gasteiger partial charge >= 0.3 is 0 Å². The topological polar surface area (TPSA) is 64.8 Å². The molecule has 1 atom stereocenters. The molecule has 0 radical (unpaired) electrons. The van der Waals surface area contributed by atoms with Gasteiger partial charge in [0.25, 0.3) is 5.91 Å². The molecule has 2 aromatic rings. The molecule has 1 aromatic heterocycles. The second-order valence-corrected chi connectivity index (χ2v) is 5.21. The van der Waals surface area contributed by atoms with Gasteiger partial charge in [0, 0.05) is 19.2 Å². The van der Waals surface area contributed by atoms with Crippen LogP contribution in [0.15, 0.2) is 34.9 Å². The van der Waals surface area contributed by atoms with Gasteiger partial charge in [-0.2, -0.15) is 0 Å². The number of ether oxygens (including phenoxy) is 2. The number of amides is 1. The van der Waals surface area contributed by atoms with Gasteiger partial charge in [0.15, 0.2) is 11.5 Å². The van der Waals surface area contributed by atoms with E-state index in [1.165, 1.54) is 0 Å². The van der Waals surface area contributed by atoms with E-state index in [0.29, 0.717) is 36.9 Å². The molecule has 1 aliphatic heterocycles. The lowest BCUT2D eigenvalue weighted by atomic mass is 10.1. The highest BCUT2D eigenvalue weighted by Gasteiger charge is 2.25. The summed E-state index contributed by atoms with van der Waals surface area (Å²) in [5.41, 5.74) is 1.07. The van der Waals surface area contributed by atoms with Crippen LogP contribution in [-0.2, 0) is 4.74 Å². The van der Waals surface area contributed by atoms with Crippen molar-refractivity contribution in [2.45, 2.75) is 13.0 Å². The molecule has 1 unspecified atom stereocenters. The normalized spacial score (nSPS) is 18.3.